The number of nitrogens with zero attached hydrogens (tertiary/aromatic N) is 4. The van der Waals surface area contributed by atoms with Crippen LogP contribution in [0.25, 0.3) is 0 Å². The molecule has 2 aromatic carbocycles. The number of piperidine rings is 1. The normalized spacial score (nSPS) is 20.9. The topological polar surface area (TPSA) is 55.5 Å². The number of hydrogen-bond donors (Lipinski definition) is 1. The van der Waals surface area contributed by atoms with E-state index in [0.29, 0.717) is 36.3 Å². The molecule has 182 valence electrons. The van der Waals surface area contributed by atoms with Crippen LogP contribution >= 0.6 is 11.6 Å². The highest BCUT2D eigenvalue weighted by Gasteiger charge is 2.42. The SMILES string of the molecule is C[C@@H]1c2c[nH]nc2N(Cc2ccccc2C2CC2)C(=O)N1C1CCN(c2c(F)cccc2Cl)CC1. The summed E-state index contributed by atoms with van der Waals surface area (Å²) in [5.41, 5.74) is 4.03. The Balaban J connectivity index is 1.25. The van der Waals surface area contributed by atoms with E-state index in [2.05, 4.69) is 35.3 Å². The lowest BCUT2D eigenvalue weighted by Crippen LogP contribution is -2.55. The van der Waals surface area contributed by atoms with E-state index in [0.717, 1.165) is 24.2 Å². The number of benzene rings is 2. The summed E-state index contributed by atoms with van der Waals surface area (Å²) in [6, 6.07) is 13.2. The highest BCUT2D eigenvalue weighted by molar-refractivity contribution is 6.33. The maximum absolute atomic E-state index is 14.5. The van der Waals surface area contributed by atoms with Gasteiger partial charge in [0.15, 0.2) is 5.82 Å². The molecule has 1 N–H and O–H groups in total. The van der Waals surface area contributed by atoms with Crippen LogP contribution in [0.2, 0.25) is 5.02 Å². The van der Waals surface area contributed by atoms with Crippen LogP contribution in [0.3, 0.4) is 0 Å². The Hall–Kier alpha value is -3.06. The predicted molar refractivity (Wildman–Crippen MR) is 135 cm³/mol. The number of anilines is 2. The summed E-state index contributed by atoms with van der Waals surface area (Å²) in [7, 11) is 0. The molecule has 1 aliphatic carbocycles. The van der Waals surface area contributed by atoms with Gasteiger partial charge in [-0.05, 0) is 61.8 Å². The lowest BCUT2D eigenvalue weighted by atomic mass is 9.97. The third-order valence-corrected chi connectivity index (χ3v) is 8.04. The summed E-state index contributed by atoms with van der Waals surface area (Å²) in [4.78, 5) is 19.8. The number of carbonyl (C=O) groups is 1. The molecule has 0 unspecified atom stereocenters. The average Bonchev–Trinajstić information content (AvgIpc) is 3.58. The first-order valence-corrected chi connectivity index (χ1v) is 12.8. The highest BCUT2D eigenvalue weighted by Crippen LogP contribution is 2.44. The molecule has 3 aliphatic rings. The van der Waals surface area contributed by atoms with Crippen molar-refractivity contribution in [1.29, 1.82) is 0 Å². The standard InChI is InChI=1S/C27H29ClFN5O/c1-17-22-15-30-31-26(22)33(16-19-5-2-3-6-21(19)18-9-10-18)27(35)34(17)20-11-13-32(14-12-20)25-23(28)7-4-8-24(25)29/h2-8,15,17-18,20H,9-14,16H2,1H3,(H,30,31)/t17-/m1/s1. The molecular formula is C27H29ClFN5O. The minimum Gasteiger partial charge on any atom is -0.368 e. The van der Waals surface area contributed by atoms with Gasteiger partial charge in [0, 0.05) is 30.9 Å². The first-order chi connectivity index (χ1) is 17.0. The molecule has 2 aliphatic heterocycles. The molecule has 2 fully saturated rings. The number of H-pyrrole nitrogens is 1. The fourth-order valence-electron chi connectivity index (χ4n) is 5.78. The number of urea groups is 1. The molecule has 1 atom stereocenters. The Morgan fingerprint density at radius 2 is 1.83 bits per heavy atom. The van der Waals surface area contributed by atoms with Crippen molar-refractivity contribution < 1.29 is 9.18 Å². The van der Waals surface area contributed by atoms with Gasteiger partial charge in [0.25, 0.3) is 0 Å². The predicted octanol–water partition coefficient (Wildman–Crippen LogP) is 6.25. The molecule has 6 rings (SSSR count). The number of hydrogen-bond acceptors (Lipinski definition) is 3. The van der Waals surface area contributed by atoms with Crippen LogP contribution in [-0.4, -0.2) is 40.3 Å². The van der Waals surface area contributed by atoms with E-state index in [9.17, 15) is 9.18 Å². The number of halogens is 2. The van der Waals surface area contributed by atoms with Crippen molar-refractivity contribution in [3.05, 3.63) is 76.2 Å². The summed E-state index contributed by atoms with van der Waals surface area (Å²) < 4.78 is 14.5. The molecule has 1 saturated carbocycles. The van der Waals surface area contributed by atoms with E-state index in [1.807, 2.05) is 27.0 Å². The van der Waals surface area contributed by atoms with Crippen LogP contribution in [0.15, 0.2) is 48.7 Å². The second kappa shape index (κ2) is 8.86. The quantitative estimate of drug-likeness (QED) is 0.457. The fourth-order valence-corrected chi connectivity index (χ4v) is 6.06. The Kier molecular flexibility index (Phi) is 5.67. The molecule has 35 heavy (non-hydrogen) atoms. The van der Waals surface area contributed by atoms with E-state index in [4.69, 9.17) is 11.6 Å². The minimum atomic E-state index is -0.304. The molecule has 8 heteroatoms. The molecule has 1 aromatic heterocycles. The summed E-state index contributed by atoms with van der Waals surface area (Å²) in [6.45, 7) is 3.87. The Morgan fingerprint density at radius 1 is 1.06 bits per heavy atom. The van der Waals surface area contributed by atoms with E-state index in [1.165, 1.54) is 30.0 Å². The fraction of sp³-hybridized carbons (Fsp3) is 0.407. The van der Waals surface area contributed by atoms with Crippen LogP contribution in [0.1, 0.15) is 61.3 Å². The molecule has 3 aromatic rings. The van der Waals surface area contributed by atoms with E-state index in [-0.39, 0.29) is 23.9 Å². The molecule has 2 amide bonds. The van der Waals surface area contributed by atoms with Gasteiger partial charge in [-0.3, -0.25) is 10.00 Å². The zero-order valence-electron chi connectivity index (χ0n) is 19.8. The zero-order valence-corrected chi connectivity index (χ0v) is 20.5. The molecule has 0 radical (unpaired) electrons. The third kappa shape index (κ3) is 3.96. The van der Waals surface area contributed by atoms with Crippen molar-refractivity contribution in [2.24, 2.45) is 0 Å². The number of fused-ring (bicyclic) bond motifs is 1. The van der Waals surface area contributed by atoms with Gasteiger partial charge in [-0.25, -0.2) is 9.18 Å². The van der Waals surface area contributed by atoms with Crippen LogP contribution in [0, 0.1) is 5.82 Å². The highest BCUT2D eigenvalue weighted by atomic mass is 35.5. The van der Waals surface area contributed by atoms with Gasteiger partial charge in [0.2, 0.25) is 0 Å². The van der Waals surface area contributed by atoms with Crippen LogP contribution < -0.4 is 9.80 Å². The maximum atomic E-state index is 14.5. The Labute approximate surface area is 209 Å². The van der Waals surface area contributed by atoms with Gasteiger partial charge in [0.05, 0.1) is 23.3 Å². The molecule has 1 saturated heterocycles. The van der Waals surface area contributed by atoms with Crippen molar-refractivity contribution in [2.75, 3.05) is 22.9 Å². The molecule has 3 heterocycles. The lowest BCUT2D eigenvalue weighted by molar-refractivity contribution is 0.136. The average molecular weight is 494 g/mol. The first-order valence-electron chi connectivity index (χ1n) is 12.4. The third-order valence-electron chi connectivity index (χ3n) is 7.74. The number of amides is 2. The number of aromatic nitrogens is 2. The van der Waals surface area contributed by atoms with E-state index in [1.54, 1.807) is 12.1 Å². The Morgan fingerprint density at radius 3 is 2.57 bits per heavy atom. The first kappa shape index (κ1) is 22.4. The second-order valence-electron chi connectivity index (χ2n) is 9.88. The van der Waals surface area contributed by atoms with Crippen molar-refractivity contribution in [3.8, 4) is 0 Å². The number of carbonyl (C=O) groups excluding carboxylic acids is 1. The van der Waals surface area contributed by atoms with Crippen LogP contribution in [0.5, 0.6) is 0 Å². The molecule has 0 bridgehead atoms. The van der Waals surface area contributed by atoms with E-state index < -0.39 is 0 Å². The monoisotopic (exact) mass is 493 g/mol. The van der Waals surface area contributed by atoms with Gasteiger partial charge in [-0.1, -0.05) is 41.9 Å². The number of para-hydroxylation sites is 1. The van der Waals surface area contributed by atoms with Crippen molar-refractivity contribution >= 4 is 29.1 Å². The summed E-state index contributed by atoms with van der Waals surface area (Å²) >= 11 is 6.31. The van der Waals surface area contributed by atoms with Crippen LogP contribution in [0.4, 0.5) is 20.7 Å². The second-order valence-corrected chi connectivity index (χ2v) is 10.3. The summed E-state index contributed by atoms with van der Waals surface area (Å²) in [5.74, 6) is 1.02. The van der Waals surface area contributed by atoms with Crippen LogP contribution in [-0.2, 0) is 6.54 Å². The van der Waals surface area contributed by atoms with Gasteiger partial charge < -0.3 is 9.80 Å². The summed E-state index contributed by atoms with van der Waals surface area (Å²) in [5, 5.41) is 7.88. The van der Waals surface area contributed by atoms with Crippen molar-refractivity contribution in [2.45, 2.75) is 57.2 Å². The van der Waals surface area contributed by atoms with Gasteiger partial charge >= 0.3 is 6.03 Å². The van der Waals surface area contributed by atoms with Crippen molar-refractivity contribution in [3.63, 3.8) is 0 Å². The number of nitrogens with one attached hydrogen (secondary N) is 1. The smallest absolute Gasteiger partial charge is 0.326 e. The molecule has 6 nitrogen and oxygen atoms in total. The molecule has 0 spiro atoms. The molecular weight excluding hydrogens is 465 g/mol. The lowest BCUT2D eigenvalue weighted by Gasteiger charge is -2.46. The van der Waals surface area contributed by atoms with Crippen molar-refractivity contribution in [1.82, 2.24) is 15.1 Å². The minimum absolute atomic E-state index is 0.00919. The van der Waals surface area contributed by atoms with Gasteiger partial charge in [-0.2, -0.15) is 5.10 Å². The largest absolute Gasteiger partial charge is 0.368 e. The van der Waals surface area contributed by atoms with Gasteiger partial charge in [0.1, 0.15) is 5.82 Å². The van der Waals surface area contributed by atoms with Gasteiger partial charge in [-0.15, -0.1) is 0 Å². The number of rotatable bonds is 5. The number of aromatic amines is 1. The summed E-state index contributed by atoms with van der Waals surface area (Å²) in [6.07, 6.45) is 5.84. The Bertz CT molecular complexity index is 1230. The maximum Gasteiger partial charge on any atom is 0.326 e. The zero-order chi connectivity index (χ0) is 24.1. The van der Waals surface area contributed by atoms with E-state index >= 15 is 0 Å².